The largest absolute Gasteiger partial charge is 0.327 e. The standard InChI is InChI=1S/C13H23N3S/c1-4-10(14)7-13-15-11-5-6-16(9(2)3)8-12(11)17-13/h9-10H,4-8,14H2,1-3H3. The van der Waals surface area contributed by atoms with E-state index in [1.807, 2.05) is 11.3 Å². The van der Waals surface area contributed by atoms with Gasteiger partial charge in [-0.2, -0.15) is 0 Å². The zero-order valence-corrected chi connectivity index (χ0v) is 11.9. The fourth-order valence-electron chi connectivity index (χ4n) is 2.17. The van der Waals surface area contributed by atoms with Crippen LogP contribution in [-0.2, 0) is 19.4 Å². The second-order valence-corrected chi connectivity index (χ2v) is 6.33. The minimum absolute atomic E-state index is 0.267. The van der Waals surface area contributed by atoms with Gasteiger partial charge in [-0.3, -0.25) is 4.90 Å². The van der Waals surface area contributed by atoms with Gasteiger partial charge in [0.05, 0.1) is 10.7 Å². The van der Waals surface area contributed by atoms with E-state index >= 15 is 0 Å². The van der Waals surface area contributed by atoms with Crippen molar-refractivity contribution >= 4 is 11.3 Å². The van der Waals surface area contributed by atoms with Gasteiger partial charge in [-0.05, 0) is 20.3 Å². The highest BCUT2D eigenvalue weighted by atomic mass is 32.1. The summed E-state index contributed by atoms with van der Waals surface area (Å²) >= 11 is 1.87. The van der Waals surface area contributed by atoms with Gasteiger partial charge in [0.25, 0.3) is 0 Å². The number of hydrogen-bond acceptors (Lipinski definition) is 4. The molecular formula is C13H23N3S. The number of rotatable bonds is 4. The quantitative estimate of drug-likeness (QED) is 0.894. The molecule has 1 aliphatic heterocycles. The van der Waals surface area contributed by atoms with Gasteiger partial charge in [0, 0.05) is 42.9 Å². The van der Waals surface area contributed by atoms with Crippen molar-refractivity contribution in [1.82, 2.24) is 9.88 Å². The minimum atomic E-state index is 0.267. The van der Waals surface area contributed by atoms with Crippen molar-refractivity contribution in [2.45, 2.75) is 58.7 Å². The summed E-state index contributed by atoms with van der Waals surface area (Å²) in [6.45, 7) is 8.89. The second-order valence-electron chi connectivity index (χ2n) is 5.16. The van der Waals surface area contributed by atoms with Gasteiger partial charge in [-0.1, -0.05) is 6.92 Å². The summed E-state index contributed by atoms with van der Waals surface area (Å²) in [5.74, 6) is 0. The molecule has 0 spiro atoms. The topological polar surface area (TPSA) is 42.1 Å². The molecule has 0 fully saturated rings. The zero-order chi connectivity index (χ0) is 12.4. The second kappa shape index (κ2) is 5.46. The molecule has 17 heavy (non-hydrogen) atoms. The van der Waals surface area contributed by atoms with Gasteiger partial charge in [-0.25, -0.2) is 4.98 Å². The maximum atomic E-state index is 5.99. The Morgan fingerprint density at radius 2 is 2.24 bits per heavy atom. The molecular weight excluding hydrogens is 230 g/mol. The molecule has 1 aliphatic rings. The number of nitrogens with zero attached hydrogens (tertiary/aromatic N) is 2. The molecule has 4 heteroatoms. The number of aromatic nitrogens is 1. The fraction of sp³-hybridized carbons (Fsp3) is 0.769. The number of hydrogen-bond donors (Lipinski definition) is 1. The number of fused-ring (bicyclic) bond motifs is 1. The molecule has 0 radical (unpaired) electrons. The maximum absolute atomic E-state index is 5.99. The molecule has 0 bridgehead atoms. The molecule has 1 aromatic heterocycles. The van der Waals surface area contributed by atoms with Crippen molar-refractivity contribution in [3.63, 3.8) is 0 Å². The van der Waals surface area contributed by atoms with Crippen molar-refractivity contribution < 1.29 is 0 Å². The lowest BCUT2D eigenvalue weighted by molar-refractivity contribution is 0.205. The summed E-state index contributed by atoms with van der Waals surface area (Å²) in [5.41, 5.74) is 7.32. The Bertz CT molecular complexity index is 373. The third kappa shape index (κ3) is 3.06. The van der Waals surface area contributed by atoms with Crippen LogP contribution in [0.15, 0.2) is 0 Å². The Morgan fingerprint density at radius 3 is 2.88 bits per heavy atom. The molecule has 1 unspecified atom stereocenters. The lowest BCUT2D eigenvalue weighted by atomic mass is 10.1. The van der Waals surface area contributed by atoms with Crippen LogP contribution in [0.1, 0.15) is 42.8 Å². The maximum Gasteiger partial charge on any atom is 0.0947 e. The summed E-state index contributed by atoms with van der Waals surface area (Å²) < 4.78 is 0. The first-order valence-corrected chi connectivity index (χ1v) is 7.38. The van der Waals surface area contributed by atoms with Crippen LogP contribution >= 0.6 is 11.3 Å². The molecule has 1 atom stereocenters. The van der Waals surface area contributed by atoms with Gasteiger partial charge in [0.15, 0.2) is 0 Å². The molecule has 96 valence electrons. The fourth-order valence-corrected chi connectivity index (χ4v) is 3.40. The Morgan fingerprint density at radius 1 is 1.47 bits per heavy atom. The molecule has 0 aromatic carbocycles. The molecule has 3 nitrogen and oxygen atoms in total. The molecule has 0 amide bonds. The average Bonchev–Trinajstić information content (AvgIpc) is 2.69. The van der Waals surface area contributed by atoms with E-state index in [-0.39, 0.29) is 6.04 Å². The van der Waals surface area contributed by atoms with Gasteiger partial charge < -0.3 is 5.73 Å². The highest BCUT2D eigenvalue weighted by molar-refractivity contribution is 7.11. The monoisotopic (exact) mass is 253 g/mol. The SMILES string of the molecule is CCC(N)Cc1nc2c(s1)CN(C(C)C)CC2. The minimum Gasteiger partial charge on any atom is -0.327 e. The van der Waals surface area contributed by atoms with Gasteiger partial charge in [-0.15, -0.1) is 11.3 Å². The Labute approximate surface area is 108 Å². The van der Waals surface area contributed by atoms with E-state index < -0.39 is 0 Å². The molecule has 0 aliphatic carbocycles. The highest BCUT2D eigenvalue weighted by Gasteiger charge is 2.22. The number of thiazole rings is 1. The van der Waals surface area contributed by atoms with Crippen LogP contribution in [0.3, 0.4) is 0 Å². The molecule has 1 aromatic rings. The molecule has 2 heterocycles. The molecule has 2 rings (SSSR count). The first-order chi connectivity index (χ1) is 8.10. The van der Waals surface area contributed by atoms with E-state index in [9.17, 15) is 0 Å². The van der Waals surface area contributed by atoms with Crippen LogP contribution in [0, 0.1) is 0 Å². The van der Waals surface area contributed by atoms with Crippen LogP contribution < -0.4 is 5.73 Å². The third-order valence-electron chi connectivity index (χ3n) is 3.50. The predicted molar refractivity (Wildman–Crippen MR) is 73.3 cm³/mol. The van der Waals surface area contributed by atoms with Crippen molar-refractivity contribution in [1.29, 1.82) is 0 Å². The van der Waals surface area contributed by atoms with Crippen LogP contribution in [0.2, 0.25) is 0 Å². The molecule has 0 saturated carbocycles. The Balaban J connectivity index is 2.06. The van der Waals surface area contributed by atoms with E-state index in [1.54, 1.807) is 0 Å². The summed E-state index contributed by atoms with van der Waals surface area (Å²) in [4.78, 5) is 8.72. The first-order valence-electron chi connectivity index (χ1n) is 6.57. The smallest absolute Gasteiger partial charge is 0.0947 e. The van der Waals surface area contributed by atoms with Crippen molar-refractivity contribution in [3.8, 4) is 0 Å². The van der Waals surface area contributed by atoms with E-state index in [1.165, 1.54) is 15.6 Å². The van der Waals surface area contributed by atoms with Crippen LogP contribution in [0.5, 0.6) is 0 Å². The summed E-state index contributed by atoms with van der Waals surface area (Å²) in [6.07, 6.45) is 3.07. The summed E-state index contributed by atoms with van der Waals surface area (Å²) in [7, 11) is 0. The average molecular weight is 253 g/mol. The Kier molecular flexibility index (Phi) is 4.17. The summed E-state index contributed by atoms with van der Waals surface area (Å²) in [6, 6.07) is 0.899. The molecule has 2 N–H and O–H groups in total. The molecule has 0 saturated heterocycles. The van der Waals surface area contributed by atoms with Crippen molar-refractivity contribution in [3.05, 3.63) is 15.6 Å². The van der Waals surface area contributed by atoms with E-state index in [4.69, 9.17) is 10.7 Å². The van der Waals surface area contributed by atoms with Gasteiger partial charge >= 0.3 is 0 Å². The van der Waals surface area contributed by atoms with Crippen LogP contribution in [-0.4, -0.2) is 28.5 Å². The third-order valence-corrected chi connectivity index (χ3v) is 4.60. The normalized spacial score (nSPS) is 18.4. The van der Waals surface area contributed by atoms with Gasteiger partial charge in [0.1, 0.15) is 0 Å². The Hall–Kier alpha value is -0.450. The van der Waals surface area contributed by atoms with Crippen LogP contribution in [0.4, 0.5) is 0 Å². The predicted octanol–water partition coefficient (Wildman–Crippen LogP) is 2.19. The van der Waals surface area contributed by atoms with Gasteiger partial charge in [0.2, 0.25) is 0 Å². The first kappa shape index (κ1) is 13.0. The van der Waals surface area contributed by atoms with E-state index in [0.29, 0.717) is 6.04 Å². The van der Waals surface area contributed by atoms with Crippen LogP contribution in [0.25, 0.3) is 0 Å². The zero-order valence-electron chi connectivity index (χ0n) is 11.1. The van der Waals surface area contributed by atoms with Crippen molar-refractivity contribution in [2.75, 3.05) is 6.54 Å². The van der Waals surface area contributed by atoms with E-state index in [0.717, 1.165) is 32.4 Å². The van der Waals surface area contributed by atoms with Crippen molar-refractivity contribution in [2.24, 2.45) is 5.73 Å². The lowest BCUT2D eigenvalue weighted by Crippen LogP contribution is -2.35. The lowest BCUT2D eigenvalue weighted by Gasteiger charge is -2.29. The number of nitrogens with two attached hydrogens (primary N) is 1. The van der Waals surface area contributed by atoms with E-state index in [2.05, 4.69) is 25.7 Å². The summed E-state index contributed by atoms with van der Waals surface area (Å²) in [5, 5.41) is 1.23. The highest BCUT2D eigenvalue weighted by Crippen LogP contribution is 2.26.